The molecule has 0 rings (SSSR count). The van der Waals surface area contributed by atoms with E-state index in [0.717, 1.165) is 16.2 Å². The van der Waals surface area contributed by atoms with E-state index in [2.05, 4.69) is 14.1 Å². The molecule has 0 fully saturated rings. The van der Waals surface area contributed by atoms with Gasteiger partial charge in [-0.3, -0.25) is 0 Å². The van der Waals surface area contributed by atoms with Gasteiger partial charge in [0, 0.05) is 0 Å². The highest BCUT2D eigenvalue weighted by Gasteiger charge is 1.74. The molecule has 0 aliphatic heterocycles. The molecular weight excluding hydrogens is 135 g/mol. The number of hydrogen-bond acceptors (Lipinski definition) is 2. The topological polar surface area (TPSA) is 29.4 Å². The molecule has 0 saturated carbocycles. The Morgan fingerprint density at radius 1 is 1.83 bits per heavy atom. The molecule has 2 nitrogen and oxygen atoms in total. The Morgan fingerprint density at radius 3 is 2.67 bits per heavy atom. The quantitative estimate of drug-likeness (QED) is 0.334. The summed E-state index contributed by atoms with van der Waals surface area (Å²) in [6.07, 6.45) is 0.502. The lowest BCUT2D eigenvalue weighted by atomic mass is 11.5. The minimum absolute atomic E-state index is 0.502. The van der Waals surface area contributed by atoms with Crippen LogP contribution in [0.5, 0.6) is 0 Å². The van der Waals surface area contributed by atoms with E-state index in [9.17, 15) is 4.91 Å². The van der Waals surface area contributed by atoms with E-state index in [4.69, 9.17) is 0 Å². The summed E-state index contributed by atoms with van der Waals surface area (Å²) >= 11 is 0. The highest BCUT2D eigenvalue weighted by molar-refractivity contribution is 8.38. The standard InChI is InChI=1S/CH6NOP3/c3-2-1-5-6-4/h5-6H,1,4H2. The smallest absolute Gasteiger partial charge is 0.102 e. The van der Waals surface area contributed by atoms with Crippen LogP contribution in [-0.2, 0) is 0 Å². The van der Waals surface area contributed by atoms with Gasteiger partial charge in [-0.05, 0) is 0 Å². The summed E-state index contributed by atoms with van der Waals surface area (Å²) in [5, 5.41) is 2.68. The SMILES string of the molecule is O=NCPPP. The number of rotatable bonds is 3. The molecule has 0 heterocycles. The summed E-state index contributed by atoms with van der Waals surface area (Å²) in [4.78, 5) is 9.32. The van der Waals surface area contributed by atoms with E-state index < -0.39 is 0 Å². The molecular formula is CH6NOP3. The lowest BCUT2D eigenvalue weighted by Gasteiger charge is -1.79. The highest BCUT2D eigenvalue weighted by atomic mass is 32.4. The third kappa shape index (κ3) is 4.89. The first-order valence-electron chi connectivity index (χ1n) is 1.39. The van der Waals surface area contributed by atoms with Crippen LogP contribution in [0.3, 0.4) is 0 Å². The van der Waals surface area contributed by atoms with Crippen LogP contribution in [-0.4, -0.2) is 6.29 Å². The highest BCUT2D eigenvalue weighted by Crippen LogP contribution is 2.42. The molecule has 0 radical (unpaired) electrons. The molecule has 0 aromatic heterocycles. The minimum atomic E-state index is 0.502. The minimum Gasteiger partial charge on any atom is -0.150 e. The maximum atomic E-state index is 9.32. The van der Waals surface area contributed by atoms with Gasteiger partial charge < -0.3 is 0 Å². The van der Waals surface area contributed by atoms with E-state index in [1.54, 1.807) is 0 Å². The number of nitrogens with zero attached hydrogens (tertiary/aromatic N) is 1. The average molecular weight is 141 g/mol. The Bertz CT molecular complexity index is 39.8. The van der Waals surface area contributed by atoms with Gasteiger partial charge >= 0.3 is 0 Å². The predicted octanol–water partition coefficient (Wildman–Crippen LogP) is 1.77. The van der Waals surface area contributed by atoms with Crippen LogP contribution in [0.1, 0.15) is 0 Å². The van der Waals surface area contributed by atoms with Gasteiger partial charge in [-0.1, -0.05) is 21.4 Å². The van der Waals surface area contributed by atoms with Crippen molar-refractivity contribution in [3.05, 3.63) is 4.91 Å². The molecule has 5 heteroatoms. The monoisotopic (exact) mass is 141 g/mol. The van der Waals surface area contributed by atoms with Crippen LogP contribution in [0.15, 0.2) is 5.18 Å². The second kappa shape index (κ2) is 5.89. The van der Waals surface area contributed by atoms with Gasteiger partial charge in [-0.15, -0.1) is 8.93 Å². The maximum Gasteiger partial charge on any atom is 0.102 e. The molecule has 0 N–H and O–H groups in total. The van der Waals surface area contributed by atoms with Gasteiger partial charge in [-0.2, -0.15) is 4.91 Å². The van der Waals surface area contributed by atoms with Gasteiger partial charge in [0.15, 0.2) is 0 Å². The lowest BCUT2D eigenvalue weighted by molar-refractivity contribution is 1.36. The first-order valence-corrected chi connectivity index (χ1v) is 6.41. The molecule has 0 spiro atoms. The third-order valence-corrected chi connectivity index (χ3v) is 3.66. The Hall–Kier alpha value is 0.890. The van der Waals surface area contributed by atoms with Gasteiger partial charge in [0.05, 0.1) is 0 Å². The zero-order valence-electron chi connectivity index (χ0n) is 3.14. The Kier molecular flexibility index (Phi) is 6.76. The number of nitroso groups, excluding NO2 is 1. The van der Waals surface area contributed by atoms with E-state index in [-0.39, 0.29) is 0 Å². The van der Waals surface area contributed by atoms with Crippen LogP contribution < -0.4 is 0 Å². The van der Waals surface area contributed by atoms with Crippen LogP contribution in [0.25, 0.3) is 0 Å². The normalized spacial score (nSPS) is 12.2. The molecule has 3 unspecified atom stereocenters. The Labute approximate surface area is 42.4 Å². The van der Waals surface area contributed by atoms with E-state index >= 15 is 0 Å². The largest absolute Gasteiger partial charge is 0.150 e. The van der Waals surface area contributed by atoms with Crippen molar-refractivity contribution in [3.63, 3.8) is 0 Å². The second-order valence-corrected chi connectivity index (χ2v) is 6.09. The van der Waals surface area contributed by atoms with Crippen molar-refractivity contribution in [1.29, 1.82) is 0 Å². The van der Waals surface area contributed by atoms with E-state index in [1.165, 1.54) is 0 Å². The van der Waals surface area contributed by atoms with Crippen molar-refractivity contribution in [2.75, 3.05) is 6.29 Å². The summed E-state index contributed by atoms with van der Waals surface area (Å²) < 4.78 is 0. The fraction of sp³-hybridized carbons (Fsp3) is 1.00. The van der Waals surface area contributed by atoms with Gasteiger partial charge in [0.2, 0.25) is 0 Å². The zero-order chi connectivity index (χ0) is 4.83. The van der Waals surface area contributed by atoms with Gasteiger partial charge in [-0.25, -0.2) is 0 Å². The summed E-state index contributed by atoms with van der Waals surface area (Å²) in [5.41, 5.74) is 0. The van der Waals surface area contributed by atoms with Gasteiger partial charge in [0.25, 0.3) is 0 Å². The molecule has 36 valence electrons. The molecule has 0 aliphatic carbocycles. The Morgan fingerprint density at radius 2 is 2.50 bits per heavy atom. The van der Waals surface area contributed by atoms with Crippen molar-refractivity contribution in [2.45, 2.75) is 0 Å². The second-order valence-electron chi connectivity index (χ2n) is 0.608. The molecule has 3 atom stereocenters. The molecule has 0 amide bonds. The Balaban J connectivity index is 2.49. The summed E-state index contributed by atoms with van der Waals surface area (Å²) in [6.45, 7) is 0. The van der Waals surface area contributed by atoms with Crippen LogP contribution in [0.4, 0.5) is 0 Å². The van der Waals surface area contributed by atoms with E-state index in [0.29, 0.717) is 6.29 Å². The summed E-state index contributed by atoms with van der Waals surface area (Å²) in [6, 6.07) is 0. The lowest BCUT2D eigenvalue weighted by Crippen LogP contribution is -1.49. The molecule has 0 aromatic carbocycles. The molecule has 0 saturated heterocycles. The third-order valence-electron chi connectivity index (χ3n) is 0.246. The maximum absolute atomic E-state index is 9.32. The summed E-state index contributed by atoms with van der Waals surface area (Å²) in [5.74, 6) is 0. The van der Waals surface area contributed by atoms with E-state index in [1.807, 2.05) is 0 Å². The first kappa shape index (κ1) is 6.89. The van der Waals surface area contributed by atoms with Crippen molar-refractivity contribution >= 4 is 25.2 Å². The average Bonchev–Trinajstić information content (AvgIpc) is 1.61. The number of hydrogen-bond donors (Lipinski definition) is 0. The fourth-order valence-electron chi connectivity index (χ4n) is 0.0779. The zero-order valence-corrected chi connectivity index (χ0v) is 6.29. The van der Waals surface area contributed by atoms with Crippen molar-refractivity contribution in [3.8, 4) is 0 Å². The van der Waals surface area contributed by atoms with Crippen LogP contribution in [0, 0.1) is 4.91 Å². The van der Waals surface area contributed by atoms with Crippen LogP contribution >= 0.6 is 25.2 Å². The van der Waals surface area contributed by atoms with Crippen molar-refractivity contribution in [1.82, 2.24) is 0 Å². The van der Waals surface area contributed by atoms with Crippen LogP contribution in [0.2, 0.25) is 0 Å². The first-order chi connectivity index (χ1) is 2.91. The predicted molar refractivity (Wildman–Crippen MR) is 37.0 cm³/mol. The molecule has 0 bridgehead atoms. The van der Waals surface area contributed by atoms with Gasteiger partial charge in [0.1, 0.15) is 6.29 Å². The van der Waals surface area contributed by atoms with Crippen molar-refractivity contribution < 1.29 is 0 Å². The summed E-state index contributed by atoms with van der Waals surface area (Å²) in [7, 11) is 4.11. The molecule has 0 aromatic rings. The fourth-order valence-corrected chi connectivity index (χ4v) is 1.52. The molecule has 0 aliphatic rings. The van der Waals surface area contributed by atoms with Crippen molar-refractivity contribution in [2.24, 2.45) is 5.18 Å². The molecule has 6 heavy (non-hydrogen) atoms.